The van der Waals surface area contributed by atoms with Crippen molar-refractivity contribution in [3.8, 4) is 5.75 Å². The molecule has 0 radical (unpaired) electrons. The van der Waals surface area contributed by atoms with Crippen molar-refractivity contribution in [2.24, 2.45) is 0 Å². The van der Waals surface area contributed by atoms with E-state index in [9.17, 15) is 13.2 Å². The number of carbonyl (C=O) groups is 1. The molecule has 0 spiro atoms. The summed E-state index contributed by atoms with van der Waals surface area (Å²) in [5.41, 5.74) is 1.05. The SMILES string of the molecule is CCSc1ccccc1NC(=O)[C@H]1CCN(S(C)(=O)=O)c2cc(Cl)ccc2O1. The summed E-state index contributed by atoms with van der Waals surface area (Å²) in [6, 6.07) is 12.3. The molecule has 9 heteroatoms. The van der Waals surface area contributed by atoms with Crippen LogP contribution in [0, 0.1) is 0 Å². The lowest BCUT2D eigenvalue weighted by atomic mass is 10.2. The number of hydrogen-bond donors (Lipinski definition) is 1. The molecule has 0 saturated heterocycles. The van der Waals surface area contributed by atoms with Gasteiger partial charge < -0.3 is 10.1 Å². The minimum Gasteiger partial charge on any atom is -0.478 e. The average molecular weight is 441 g/mol. The van der Waals surface area contributed by atoms with Gasteiger partial charge in [-0.2, -0.15) is 0 Å². The van der Waals surface area contributed by atoms with Crippen molar-refractivity contribution in [2.75, 3.05) is 28.2 Å². The molecular formula is C19H21ClN2O4S2. The maximum atomic E-state index is 12.9. The molecule has 1 aliphatic rings. The zero-order chi connectivity index (χ0) is 20.3. The monoisotopic (exact) mass is 440 g/mol. The van der Waals surface area contributed by atoms with Crippen molar-refractivity contribution in [3.63, 3.8) is 0 Å². The summed E-state index contributed by atoms with van der Waals surface area (Å²) in [5.74, 6) is 0.869. The van der Waals surface area contributed by atoms with Gasteiger partial charge in [-0.3, -0.25) is 9.10 Å². The fourth-order valence-corrected chi connectivity index (χ4v) is 4.81. The molecule has 1 heterocycles. The summed E-state index contributed by atoms with van der Waals surface area (Å²) in [7, 11) is -3.54. The van der Waals surface area contributed by atoms with Gasteiger partial charge in [0.2, 0.25) is 10.0 Å². The number of anilines is 2. The number of halogens is 1. The topological polar surface area (TPSA) is 75.7 Å². The molecule has 1 amide bonds. The van der Waals surface area contributed by atoms with E-state index in [0.29, 0.717) is 22.1 Å². The van der Waals surface area contributed by atoms with E-state index in [1.54, 1.807) is 23.9 Å². The van der Waals surface area contributed by atoms with Crippen molar-refractivity contribution in [2.45, 2.75) is 24.3 Å². The molecule has 0 aromatic heterocycles. The molecule has 1 atom stereocenters. The first kappa shape index (κ1) is 20.8. The first-order valence-corrected chi connectivity index (χ1v) is 12.0. The predicted octanol–water partition coefficient (Wildman–Crippen LogP) is 4.01. The number of para-hydroxylation sites is 1. The number of amides is 1. The van der Waals surface area contributed by atoms with Gasteiger partial charge in [0.05, 0.1) is 17.6 Å². The van der Waals surface area contributed by atoms with Gasteiger partial charge in [0.25, 0.3) is 5.91 Å². The summed E-state index contributed by atoms with van der Waals surface area (Å²) in [6.45, 7) is 2.16. The van der Waals surface area contributed by atoms with Crippen LogP contribution in [0.3, 0.4) is 0 Å². The number of ether oxygens (including phenoxy) is 1. The molecule has 1 N–H and O–H groups in total. The smallest absolute Gasteiger partial charge is 0.265 e. The highest BCUT2D eigenvalue weighted by Crippen LogP contribution is 2.36. The van der Waals surface area contributed by atoms with Crippen LogP contribution >= 0.6 is 23.4 Å². The normalized spacial score (nSPS) is 16.7. The molecule has 1 aliphatic heterocycles. The zero-order valence-corrected chi connectivity index (χ0v) is 17.9. The quantitative estimate of drug-likeness (QED) is 0.711. The zero-order valence-electron chi connectivity index (χ0n) is 15.5. The van der Waals surface area contributed by atoms with Crippen LogP contribution in [0.15, 0.2) is 47.4 Å². The molecular weight excluding hydrogens is 420 g/mol. The summed E-state index contributed by atoms with van der Waals surface area (Å²) in [5, 5.41) is 3.30. The minimum atomic E-state index is -3.54. The second-order valence-corrected chi connectivity index (χ2v) is 9.91. The highest BCUT2D eigenvalue weighted by molar-refractivity contribution is 7.99. The summed E-state index contributed by atoms with van der Waals surface area (Å²) >= 11 is 7.67. The maximum Gasteiger partial charge on any atom is 0.265 e. The van der Waals surface area contributed by atoms with Crippen LogP contribution in [-0.4, -0.2) is 39.0 Å². The average Bonchev–Trinajstić information content (AvgIpc) is 2.82. The number of carbonyl (C=O) groups excluding carboxylic acids is 1. The molecule has 2 aromatic rings. The summed E-state index contributed by atoms with van der Waals surface area (Å²) in [6.07, 6.45) is 0.510. The van der Waals surface area contributed by atoms with E-state index in [-0.39, 0.29) is 18.9 Å². The highest BCUT2D eigenvalue weighted by Gasteiger charge is 2.31. The Morgan fingerprint density at radius 3 is 2.79 bits per heavy atom. The third-order valence-electron chi connectivity index (χ3n) is 4.19. The molecule has 0 bridgehead atoms. The van der Waals surface area contributed by atoms with Crippen LogP contribution in [0.1, 0.15) is 13.3 Å². The van der Waals surface area contributed by atoms with Crippen LogP contribution in [0.4, 0.5) is 11.4 Å². The molecule has 0 fully saturated rings. The van der Waals surface area contributed by atoms with Crippen molar-refractivity contribution < 1.29 is 17.9 Å². The van der Waals surface area contributed by atoms with E-state index in [0.717, 1.165) is 16.9 Å². The Kier molecular flexibility index (Phi) is 6.42. The van der Waals surface area contributed by atoms with Gasteiger partial charge in [-0.25, -0.2) is 8.42 Å². The largest absolute Gasteiger partial charge is 0.478 e. The summed E-state index contributed by atoms with van der Waals surface area (Å²) < 4.78 is 31.6. The van der Waals surface area contributed by atoms with Crippen LogP contribution in [0.25, 0.3) is 0 Å². The third kappa shape index (κ3) is 4.74. The lowest BCUT2D eigenvalue weighted by molar-refractivity contribution is -0.122. The van der Waals surface area contributed by atoms with Gasteiger partial charge in [0, 0.05) is 22.9 Å². The van der Waals surface area contributed by atoms with E-state index >= 15 is 0 Å². The highest BCUT2D eigenvalue weighted by atomic mass is 35.5. The number of thioether (sulfide) groups is 1. The molecule has 0 unspecified atom stereocenters. The van der Waals surface area contributed by atoms with Crippen molar-refractivity contribution in [1.29, 1.82) is 0 Å². The van der Waals surface area contributed by atoms with Gasteiger partial charge in [-0.05, 0) is 36.1 Å². The standard InChI is InChI=1S/C19H21ClN2O4S2/c1-3-27-18-7-5-4-6-14(18)21-19(23)17-10-11-22(28(2,24)25)15-12-13(20)8-9-16(15)26-17/h4-9,12,17H,3,10-11H2,1-2H3,(H,21,23)/t17-/m1/s1. The molecule has 6 nitrogen and oxygen atoms in total. The molecule has 2 aromatic carbocycles. The van der Waals surface area contributed by atoms with Crippen LogP contribution in [0.5, 0.6) is 5.75 Å². The van der Waals surface area contributed by atoms with E-state index in [4.69, 9.17) is 16.3 Å². The van der Waals surface area contributed by atoms with Gasteiger partial charge in [0.15, 0.2) is 6.10 Å². The number of nitrogens with one attached hydrogen (secondary N) is 1. The molecule has 0 saturated carbocycles. The Hall–Kier alpha value is -1.90. The molecule has 3 rings (SSSR count). The second kappa shape index (κ2) is 8.63. The number of hydrogen-bond acceptors (Lipinski definition) is 5. The van der Waals surface area contributed by atoms with Crippen molar-refractivity contribution >= 4 is 50.7 Å². The van der Waals surface area contributed by atoms with E-state index < -0.39 is 16.1 Å². The van der Waals surface area contributed by atoms with Crippen LogP contribution < -0.4 is 14.4 Å². The van der Waals surface area contributed by atoms with Crippen molar-refractivity contribution in [3.05, 3.63) is 47.5 Å². The predicted molar refractivity (Wildman–Crippen MR) is 114 cm³/mol. The van der Waals surface area contributed by atoms with Crippen LogP contribution in [0.2, 0.25) is 5.02 Å². The second-order valence-electron chi connectivity index (χ2n) is 6.26. The van der Waals surface area contributed by atoms with Crippen LogP contribution in [-0.2, 0) is 14.8 Å². The number of sulfonamides is 1. The first-order chi connectivity index (χ1) is 13.3. The summed E-state index contributed by atoms with van der Waals surface area (Å²) in [4.78, 5) is 13.8. The molecule has 28 heavy (non-hydrogen) atoms. The number of fused-ring (bicyclic) bond motifs is 1. The van der Waals surface area contributed by atoms with E-state index in [2.05, 4.69) is 5.32 Å². The minimum absolute atomic E-state index is 0.121. The van der Waals surface area contributed by atoms with Crippen molar-refractivity contribution in [1.82, 2.24) is 0 Å². The Morgan fingerprint density at radius 1 is 1.32 bits per heavy atom. The van der Waals surface area contributed by atoms with Gasteiger partial charge in [-0.15, -0.1) is 11.8 Å². The number of rotatable bonds is 5. The Morgan fingerprint density at radius 2 is 2.07 bits per heavy atom. The Labute approximate surface area is 174 Å². The Balaban J connectivity index is 1.87. The molecule has 0 aliphatic carbocycles. The lowest BCUT2D eigenvalue weighted by Crippen LogP contribution is -2.36. The fraction of sp³-hybridized carbons (Fsp3) is 0.316. The first-order valence-electron chi connectivity index (χ1n) is 8.76. The fourth-order valence-electron chi connectivity index (χ4n) is 2.95. The molecule has 150 valence electrons. The third-order valence-corrected chi connectivity index (χ3v) is 6.56. The number of nitrogens with zero attached hydrogens (tertiary/aromatic N) is 1. The van der Waals surface area contributed by atoms with Gasteiger partial charge in [0.1, 0.15) is 5.75 Å². The van der Waals surface area contributed by atoms with E-state index in [1.165, 1.54) is 10.4 Å². The number of benzene rings is 2. The van der Waals surface area contributed by atoms with E-state index in [1.807, 2.05) is 31.2 Å². The van der Waals surface area contributed by atoms with Gasteiger partial charge in [-0.1, -0.05) is 30.7 Å². The lowest BCUT2D eigenvalue weighted by Gasteiger charge is -2.21. The maximum absolute atomic E-state index is 12.9. The Bertz CT molecular complexity index is 982. The van der Waals surface area contributed by atoms with Gasteiger partial charge >= 0.3 is 0 Å².